The Bertz CT molecular complexity index is 926. The van der Waals surface area contributed by atoms with Crippen molar-refractivity contribution in [1.82, 2.24) is 10.2 Å². The van der Waals surface area contributed by atoms with E-state index in [9.17, 15) is 14.4 Å². The van der Waals surface area contributed by atoms with Crippen LogP contribution < -0.4 is 10.1 Å². The number of carbonyl (C=O) groups is 3. The number of hydrogen-bond acceptors (Lipinski definition) is 5. The second kappa shape index (κ2) is 10.6. The molecule has 0 radical (unpaired) electrons. The zero-order chi connectivity index (χ0) is 21.3. The molecule has 0 bridgehead atoms. The number of ether oxygens (including phenoxy) is 1. The molecule has 1 heterocycles. The highest BCUT2D eigenvalue weighted by molar-refractivity contribution is 8.18. The summed E-state index contributed by atoms with van der Waals surface area (Å²) in [6.07, 6.45) is 2.62. The maximum absolute atomic E-state index is 12.5. The third-order valence-electron chi connectivity index (χ3n) is 4.47. The normalized spacial score (nSPS) is 15.0. The summed E-state index contributed by atoms with van der Waals surface area (Å²) >= 11 is 0.924. The second-order valence-corrected chi connectivity index (χ2v) is 7.85. The molecule has 1 aliphatic rings. The van der Waals surface area contributed by atoms with Crippen molar-refractivity contribution in [2.24, 2.45) is 0 Å². The molecule has 3 rings (SSSR count). The lowest BCUT2D eigenvalue weighted by Crippen LogP contribution is -2.37. The van der Waals surface area contributed by atoms with Crippen molar-refractivity contribution in [3.8, 4) is 5.75 Å². The average molecular weight is 425 g/mol. The Morgan fingerprint density at radius 1 is 1.10 bits per heavy atom. The Balaban J connectivity index is 1.38. The smallest absolute Gasteiger partial charge is 0.293 e. The van der Waals surface area contributed by atoms with Gasteiger partial charge in [-0.15, -0.1) is 0 Å². The lowest BCUT2D eigenvalue weighted by atomic mass is 10.1. The minimum atomic E-state index is -0.323. The highest BCUT2D eigenvalue weighted by Crippen LogP contribution is 2.31. The van der Waals surface area contributed by atoms with Gasteiger partial charge in [-0.1, -0.05) is 48.0 Å². The molecule has 0 saturated carbocycles. The first-order chi connectivity index (χ1) is 14.5. The predicted molar refractivity (Wildman–Crippen MR) is 118 cm³/mol. The van der Waals surface area contributed by atoms with Gasteiger partial charge in [0.25, 0.3) is 11.1 Å². The first kappa shape index (κ1) is 21.6. The van der Waals surface area contributed by atoms with Crippen LogP contribution in [0.2, 0.25) is 0 Å². The lowest BCUT2D eigenvalue weighted by Gasteiger charge is -2.13. The molecule has 0 unspecified atom stereocenters. The molecule has 1 aliphatic heterocycles. The number of hydrogen-bond donors (Lipinski definition) is 1. The number of nitrogens with one attached hydrogen (secondary N) is 1. The Morgan fingerprint density at radius 3 is 2.57 bits per heavy atom. The molecule has 156 valence electrons. The van der Waals surface area contributed by atoms with Crippen molar-refractivity contribution >= 4 is 34.9 Å². The predicted octanol–water partition coefficient (Wildman–Crippen LogP) is 4.01. The first-order valence-corrected chi connectivity index (χ1v) is 10.6. The van der Waals surface area contributed by atoms with Gasteiger partial charge in [0.15, 0.2) is 0 Å². The highest BCUT2D eigenvalue weighted by Gasteiger charge is 2.34. The van der Waals surface area contributed by atoms with Crippen LogP contribution in [-0.4, -0.2) is 41.6 Å². The van der Waals surface area contributed by atoms with Gasteiger partial charge in [0.1, 0.15) is 5.75 Å². The number of aryl methyl sites for hydroxylation is 1. The van der Waals surface area contributed by atoms with E-state index in [1.165, 1.54) is 4.90 Å². The fourth-order valence-electron chi connectivity index (χ4n) is 2.84. The van der Waals surface area contributed by atoms with Crippen LogP contribution in [0.3, 0.4) is 0 Å². The molecule has 7 heteroatoms. The van der Waals surface area contributed by atoms with E-state index in [4.69, 9.17) is 4.74 Å². The molecule has 3 amide bonds. The molecule has 1 fully saturated rings. The van der Waals surface area contributed by atoms with Crippen molar-refractivity contribution in [3.05, 3.63) is 70.6 Å². The van der Waals surface area contributed by atoms with E-state index in [1.54, 1.807) is 6.08 Å². The molecule has 6 nitrogen and oxygen atoms in total. The van der Waals surface area contributed by atoms with Crippen LogP contribution in [0.1, 0.15) is 24.0 Å². The van der Waals surface area contributed by atoms with Gasteiger partial charge in [-0.05, 0) is 48.9 Å². The number of amides is 3. The van der Waals surface area contributed by atoms with Crippen LogP contribution in [0.15, 0.2) is 59.5 Å². The first-order valence-electron chi connectivity index (χ1n) is 9.79. The molecule has 1 saturated heterocycles. The maximum atomic E-state index is 12.5. The van der Waals surface area contributed by atoms with Gasteiger partial charge in [-0.25, -0.2) is 0 Å². The summed E-state index contributed by atoms with van der Waals surface area (Å²) in [5.74, 6) is 0.320. The number of rotatable bonds is 9. The summed E-state index contributed by atoms with van der Waals surface area (Å²) < 4.78 is 5.55. The molecule has 0 atom stereocenters. The van der Waals surface area contributed by atoms with E-state index in [0.29, 0.717) is 24.4 Å². The molecule has 0 aliphatic carbocycles. The fourth-order valence-corrected chi connectivity index (χ4v) is 3.71. The molecular formula is C23H24N2O4S. The fraction of sp³-hybridized carbons (Fsp3) is 0.261. The molecule has 0 spiro atoms. The van der Waals surface area contributed by atoms with Crippen molar-refractivity contribution < 1.29 is 19.1 Å². The summed E-state index contributed by atoms with van der Waals surface area (Å²) in [6, 6.07) is 17.2. The molecule has 30 heavy (non-hydrogen) atoms. The largest absolute Gasteiger partial charge is 0.494 e. The van der Waals surface area contributed by atoms with Crippen molar-refractivity contribution in [1.29, 1.82) is 0 Å². The van der Waals surface area contributed by atoms with E-state index in [0.717, 1.165) is 28.6 Å². The number of benzene rings is 2. The Hall–Kier alpha value is -3.06. The van der Waals surface area contributed by atoms with E-state index in [2.05, 4.69) is 5.32 Å². The summed E-state index contributed by atoms with van der Waals surface area (Å²) in [5, 5.41) is 2.43. The molecule has 2 aromatic carbocycles. The zero-order valence-electron chi connectivity index (χ0n) is 16.8. The monoisotopic (exact) mass is 424 g/mol. The van der Waals surface area contributed by atoms with Crippen molar-refractivity contribution in [3.63, 3.8) is 0 Å². The average Bonchev–Trinajstić information content (AvgIpc) is 3.01. The quantitative estimate of drug-likeness (QED) is 0.486. The number of nitrogens with zero attached hydrogens (tertiary/aromatic N) is 1. The van der Waals surface area contributed by atoms with Crippen LogP contribution in [0.4, 0.5) is 4.79 Å². The third kappa shape index (κ3) is 6.22. The van der Waals surface area contributed by atoms with Gasteiger partial charge in [0, 0.05) is 19.5 Å². The summed E-state index contributed by atoms with van der Waals surface area (Å²) in [4.78, 5) is 38.2. The van der Waals surface area contributed by atoms with Crippen LogP contribution in [0, 0.1) is 6.92 Å². The minimum Gasteiger partial charge on any atom is -0.494 e. The molecule has 1 N–H and O–H groups in total. The van der Waals surface area contributed by atoms with Gasteiger partial charge >= 0.3 is 0 Å². The molecular weight excluding hydrogens is 400 g/mol. The van der Waals surface area contributed by atoms with E-state index in [1.807, 2.05) is 61.5 Å². The van der Waals surface area contributed by atoms with Gasteiger partial charge in [0.2, 0.25) is 5.91 Å². The minimum absolute atomic E-state index is 0.131. The van der Waals surface area contributed by atoms with Crippen molar-refractivity contribution in [2.75, 3.05) is 19.7 Å². The zero-order valence-corrected chi connectivity index (χ0v) is 17.6. The topological polar surface area (TPSA) is 75.7 Å². The number of thioether (sulfide) groups is 1. The van der Waals surface area contributed by atoms with Gasteiger partial charge in [0.05, 0.1) is 11.5 Å². The van der Waals surface area contributed by atoms with Gasteiger partial charge in [-0.3, -0.25) is 19.3 Å². The Kier molecular flexibility index (Phi) is 7.68. The van der Waals surface area contributed by atoms with E-state index < -0.39 is 0 Å². The SMILES string of the molecule is Cc1ccc(C=C2SC(=O)N(CCNC(=O)CCCOc3ccccc3)C2=O)cc1. The second-order valence-electron chi connectivity index (χ2n) is 6.86. The van der Waals surface area contributed by atoms with Crippen LogP contribution in [0.5, 0.6) is 5.75 Å². The third-order valence-corrected chi connectivity index (χ3v) is 5.37. The van der Waals surface area contributed by atoms with E-state index >= 15 is 0 Å². The van der Waals surface area contributed by atoms with Crippen LogP contribution in [0.25, 0.3) is 6.08 Å². The Labute approximate surface area is 180 Å². The standard InChI is InChI=1S/C23H24N2O4S/c1-17-9-11-18(12-10-17)16-20-22(27)25(23(28)30-20)14-13-24-21(26)8-5-15-29-19-6-3-2-4-7-19/h2-4,6-7,9-12,16H,5,8,13-15H2,1H3,(H,24,26). The number of para-hydroxylation sites is 1. The van der Waals surface area contributed by atoms with Gasteiger partial charge in [-0.2, -0.15) is 0 Å². The molecule has 2 aromatic rings. The van der Waals surface area contributed by atoms with Crippen LogP contribution in [-0.2, 0) is 9.59 Å². The summed E-state index contributed by atoms with van der Waals surface area (Å²) in [7, 11) is 0. The number of imide groups is 1. The lowest BCUT2D eigenvalue weighted by molar-refractivity contribution is -0.124. The van der Waals surface area contributed by atoms with E-state index in [-0.39, 0.29) is 30.1 Å². The van der Waals surface area contributed by atoms with Crippen molar-refractivity contribution in [2.45, 2.75) is 19.8 Å². The van der Waals surface area contributed by atoms with Crippen LogP contribution >= 0.6 is 11.8 Å². The maximum Gasteiger partial charge on any atom is 0.293 e. The number of carbonyl (C=O) groups excluding carboxylic acids is 3. The summed E-state index contributed by atoms with van der Waals surface area (Å²) in [6.45, 7) is 2.82. The van der Waals surface area contributed by atoms with Gasteiger partial charge < -0.3 is 10.1 Å². The highest BCUT2D eigenvalue weighted by atomic mass is 32.2. The molecule has 0 aromatic heterocycles. The Morgan fingerprint density at radius 2 is 1.83 bits per heavy atom. The summed E-state index contributed by atoms with van der Waals surface area (Å²) in [5.41, 5.74) is 2.00.